The van der Waals surface area contributed by atoms with Crippen molar-refractivity contribution in [1.82, 2.24) is 15.0 Å². The van der Waals surface area contributed by atoms with Gasteiger partial charge in [-0.3, -0.25) is 4.98 Å². The number of rotatable bonds is 2. The molecule has 2 rings (SSSR count). The molecule has 0 aliphatic carbocycles. The zero-order valence-electron chi connectivity index (χ0n) is 8.85. The Morgan fingerprint density at radius 1 is 1.17 bits per heavy atom. The first kappa shape index (κ1) is 12.6. The Morgan fingerprint density at radius 3 is 2.61 bits per heavy atom. The number of nitrogen functional groups attached to an aromatic ring is 1. The fourth-order valence-electron chi connectivity index (χ4n) is 1.13. The fraction of sp³-hybridized carbons (Fsp3) is 0.100. The van der Waals surface area contributed by atoms with E-state index in [0.717, 1.165) is 24.0 Å². The van der Waals surface area contributed by atoms with E-state index in [0.29, 0.717) is 10.6 Å². The average Bonchev–Trinajstić information content (AvgIpc) is 2.31. The largest absolute Gasteiger partial charge is 0.433 e. The monoisotopic (exact) mass is 272 g/mol. The van der Waals surface area contributed by atoms with Crippen molar-refractivity contribution in [1.29, 1.82) is 0 Å². The van der Waals surface area contributed by atoms with Crippen molar-refractivity contribution in [3.8, 4) is 0 Å². The number of hydrogen-bond acceptors (Lipinski definition) is 5. The molecule has 0 aromatic carbocycles. The molecular formula is C10H7F3N4S. The lowest BCUT2D eigenvalue weighted by atomic mass is 10.4. The van der Waals surface area contributed by atoms with Crippen LogP contribution in [0.2, 0.25) is 0 Å². The molecule has 0 aliphatic rings. The molecule has 0 fully saturated rings. The van der Waals surface area contributed by atoms with Crippen LogP contribution in [0.1, 0.15) is 5.69 Å². The molecule has 0 saturated heterocycles. The van der Waals surface area contributed by atoms with Gasteiger partial charge in [-0.2, -0.15) is 13.2 Å². The summed E-state index contributed by atoms with van der Waals surface area (Å²) in [6.07, 6.45) is -0.514. The first-order valence-corrected chi connectivity index (χ1v) is 5.56. The van der Waals surface area contributed by atoms with Gasteiger partial charge in [-0.25, -0.2) is 9.97 Å². The fourth-order valence-corrected chi connectivity index (χ4v) is 1.89. The van der Waals surface area contributed by atoms with Crippen LogP contribution < -0.4 is 5.73 Å². The molecule has 0 amide bonds. The lowest BCUT2D eigenvalue weighted by molar-refractivity contribution is -0.141. The van der Waals surface area contributed by atoms with Gasteiger partial charge in [0.2, 0.25) is 0 Å². The number of pyridine rings is 1. The molecule has 0 bridgehead atoms. The summed E-state index contributed by atoms with van der Waals surface area (Å²) >= 11 is 0.957. The Bertz CT molecular complexity index is 559. The molecule has 2 N–H and O–H groups in total. The first-order valence-electron chi connectivity index (χ1n) is 4.74. The summed E-state index contributed by atoms with van der Waals surface area (Å²) in [6.45, 7) is 0. The molecule has 8 heteroatoms. The normalized spacial score (nSPS) is 11.5. The smallest absolute Gasteiger partial charge is 0.397 e. The van der Waals surface area contributed by atoms with E-state index in [1.807, 2.05) is 0 Å². The zero-order valence-corrected chi connectivity index (χ0v) is 9.66. The Balaban J connectivity index is 2.28. The molecule has 0 radical (unpaired) electrons. The quantitative estimate of drug-likeness (QED) is 0.851. The molecule has 0 saturated carbocycles. The summed E-state index contributed by atoms with van der Waals surface area (Å²) in [7, 11) is 0. The molecule has 4 nitrogen and oxygen atoms in total. The summed E-state index contributed by atoms with van der Waals surface area (Å²) in [5.74, 6) is 0. The van der Waals surface area contributed by atoms with Gasteiger partial charge in [-0.05, 0) is 23.9 Å². The Morgan fingerprint density at radius 2 is 1.94 bits per heavy atom. The third-order valence-corrected chi connectivity index (χ3v) is 2.91. The van der Waals surface area contributed by atoms with E-state index in [9.17, 15) is 13.2 Å². The number of alkyl halides is 3. The molecule has 94 valence electrons. The summed E-state index contributed by atoms with van der Waals surface area (Å²) in [5, 5.41) is -0.0114. The molecule has 0 aliphatic heterocycles. The Hall–Kier alpha value is -1.83. The average molecular weight is 272 g/mol. The first-order chi connectivity index (χ1) is 8.47. The maximum atomic E-state index is 12.5. The van der Waals surface area contributed by atoms with E-state index in [-0.39, 0.29) is 5.16 Å². The van der Waals surface area contributed by atoms with E-state index in [1.54, 1.807) is 6.07 Å². The SMILES string of the molecule is Nc1cnccc1Sc1nccc(C(F)(F)F)n1. The van der Waals surface area contributed by atoms with E-state index in [1.165, 1.54) is 12.4 Å². The highest BCUT2D eigenvalue weighted by Crippen LogP contribution is 2.32. The predicted octanol–water partition coefficient (Wildman–Crippen LogP) is 2.62. The van der Waals surface area contributed by atoms with E-state index >= 15 is 0 Å². The number of anilines is 1. The number of nitrogens with zero attached hydrogens (tertiary/aromatic N) is 3. The van der Waals surface area contributed by atoms with Crippen molar-refractivity contribution in [2.75, 3.05) is 5.73 Å². The van der Waals surface area contributed by atoms with Crippen LogP contribution in [0.4, 0.5) is 18.9 Å². The van der Waals surface area contributed by atoms with Gasteiger partial charge in [0.15, 0.2) is 5.16 Å². The third-order valence-electron chi connectivity index (χ3n) is 1.94. The van der Waals surface area contributed by atoms with Gasteiger partial charge in [0.05, 0.1) is 11.9 Å². The van der Waals surface area contributed by atoms with Crippen molar-refractivity contribution in [3.63, 3.8) is 0 Å². The van der Waals surface area contributed by atoms with E-state index in [4.69, 9.17) is 5.73 Å². The van der Waals surface area contributed by atoms with Crippen LogP contribution in [0.5, 0.6) is 0 Å². The van der Waals surface area contributed by atoms with Gasteiger partial charge >= 0.3 is 6.18 Å². The lowest BCUT2D eigenvalue weighted by Crippen LogP contribution is -2.08. The van der Waals surface area contributed by atoms with Crippen LogP contribution in [0, 0.1) is 0 Å². The molecule has 2 aromatic heterocycles. The minimum Gasteiger partial charge on any atom is -0.397 e. The Labute approximate surface area is 104 Å². The number of nitrogens with two attached hydrogens (primary N) is 1. The Kier molecular flexibility index (Phi) is 3.37. The summed E-state index contributed by atoms with van der Waals surface area (Å²) in [4.78, 5) is 11.5. The van der Waals surface area contributed by atoms with Gasteiger partial charge in [0.1, 0.15) is 5.69 Å². The highest BCUT2D eigenvalue weighted by Gasteiger charge is 2.32. The van der Waals surface area contributed by atoms with Crippen molar-refractivity contribution >= 4 is 17.4 Å². The second-order valence-corrected chi connectivity index (χ2v) is 4.25. The predicted molar refractivity (Wildman–Crippen MR) is 59.8 cm³/mol. The van der Waals surface area contributed by atoms with Crippen LogP contribution >= 0.6 is 11.8 Å². The van der Waals surface area contributed by atoms with E-state index < -0.39 is 11.9 Å². The van der Waals surface area contributed by atoms with E-state index in [2.05, 4.69) is 15.0 Å². The highest BCUT2D eigenvalue weighted by atomic mass is 32.2. The summed E-state index contributed by atoms with van der Waals surface area (Å²) in [6, 6.07) is 2.41. The standard InChI is InChI=1S/C10H7F3N4S/c11-10(12,13)8-2-4-16-9(17-8)18-7-1-3-15-5-6(7)14/h1-5H,14H2. The minimum atomic E-state index is -4.48. The summed E-state index contributed by atoms with van der Waals surface area (Å²) in [5.41, 5.74) is 5.02. The van der Waals surface area contributed by atoms with Crippen LogP contribution in [-0.2, 0) is 6.18 Å². The summed E-state index contributed by atoms with van der Waals surface area (Å²) < 4.78 is 37.4. The molecule has 18 heavy (non-hydrogen) atoms. The number of aromatic nitrogens is 3. The van der Waals surface area contributed by atoms with Gasteiger partial charge in [-0.15, -0.1) is 0 Å². The highest BCUT2D eigenvalue weighted by molar-refractivity contribution is 7.99. The van der Waals surface area contributed by atoms with Crippen LogP contribution in [0.3, 0.4) is 0 Å². The van der Waals surface area contributed by atoms with Gasteiger partial charge in [0.25, 0.3) is 0 Å². The molecule has 0 spiro atoms. The van der Waals surface area contributed by atoms with Gasteiger partial charge in [-0.1, -0.05) is 0 Å². The van der Waals surface area contributed by atoms with Crippen LogP contribution in [0.25, 0.3) is 0 Å². The molecule has 2 heterocycles. The van der Waals surface area contributed by atoms with Crippen molar-refractivity contribution in [2.45, 2.75) is 16.2 Å². The van der Waals surface area contributed by atoms with Crippen molar-refractivity contribution < 1.29 is 13.2 Å². The lowest BCUT2D eigenvalue weighted by Gasteiger charge is -2.07. The maximum Gasteiger partial charge on any atom is 0.433 e. The topological polar surface area (TPSA) is 64.7 Å². The third kappa shape index (κ3) is 2.89. The second-order valence-electron chi connectivity index (χ2n) is 3.24. The number of halogens is 3. The maximum absolute atomic E-state index is 12.5. The van der Waals surface area contributed by atoms with Gasteiger partial charge < -0.3 is 5.73 Å². The minimum absolute atomic E-state index is 0.0114. The van der Waals surface area contributed by atoms with Crippen LogP contribution in [0.15, 0.2) is 40.8 Å². The zero-order chi connectivity index (χ0) is 13.2. The molecule has 2 aromatic rings. The second kappa shape index (κ2) is 4.81. The van der Waals surface area contributed by atoms with Crippen molar-refractivity contribution in [3.05, 3.63) is 36.4 Å². The molecular weight excluding hydrogens is 265 g/mol. The van der Waals surface area contributed by atoms with Crippen LogP contribution in [-0.4, -0.2) is 15.0 Å². The molecule has 0 unspecified atom stereocenters. The number of hydrogen-bond donors (Lipinski definition) is 1. The van der Waals surface area contributed by atoms with Crippen molar-refractivity contribution in [2.24, 2.45) is 0 Å². The molecule has 0 atom stereocenters. The van der Waals surface area contributed by atoms with Gasteiger partial charge in [0, 0.05) is 17.3 Å².